The van der Waals surface area contributed by atoms with Crippen molar-refractivity contribution in [2.75, 3.05) is 20.3 Å². The average Bonchev–Trinajstić information content (AvgIpc) is 2.84. The second-order valence-corrected chi connectivity index (χ2v) is 7.57. The molecule has 3 aromatic rings. The normalized spacial score (nSPS) is 11.5. The highest BCUT2D eigenvalue weighted by Crippen LogP contribution is 2.21. The van der Waals surface area contributed by atoms with E-state index in [1.54, 1.807) is 0 Å². The zero-order valence-electron chi connectivity index (χ0n) is 18.7. The van der Waals surface area contributed by atoms with Crippen molar-refractivity contribution in [1.29, 1.82) is 0 Å². The van der Waals surface area contributed by atoms with Gasteiger partial charge in [-0.15, -0.1) is 0 Å². The lowest BCUT2D eigenvalue weighted by molar-refractivity contribution is -0.129. The van der Waals surface area contributed by atoms with Crippen LogP contribution in [0.25, 0.3) is 0 Å². The van der Waals surface area contributed by atoms with Crippen molar-refractivity contribution in [2.24, 2.45) is 0 Å². The summed E-state index contributed by atoms with van der Waals surface area (Å²) in [5.41, 5.74) is 1.84. The first-order chi connectivity index (χ1) is 16.1. The number of hydrogen-bond donors (Lipinski definition) is 1. The van der Waals surface area contributed by atoms with Gasteiger partial charge in [0.25, 0.3) is 0 Å². The smallest absolute Gasteiger partial charge is 0.222 e. The van der Waals surface area contributed by atoms with Crippen molar-refractivity contribution in [3.05, 3.63) is 96.1 Å². The molecule has 33 heavy (non-hydrogen) atoms. The Morgan fingerprint density at radius 1 is 0.818 bits per heavy atom. The number of methoxy groups -OCH3 is 1. The predicted octanol–water partition coefficient (Wildman–Crippen LogP) is 4.33. The fraction of sp³-hybridized carbons (Fsp3) is 0.259. The molecule has 0 bridgehead atoms. The minimum Gasteiger partial charge on any atom is -0.457 e. The molecule has 1 amide bonds. The highest BCUT2D eigenvalue weighted by Gasteiger charge is 2.21. The second kappa shape index (κ2) is 13.2. The van der Waals surface area contributed by atoms with Crippen LogP contribution in [0, 0.1) is 0 Å². The summed E-state index contributed by atoms with van der Waals surface area (Å²) in [7, 11) is 1.53. The molecule has 0 aromatic heterocycles. The molecule has 0 aliphatic carbocycles. The van der Waals surface area contributed by atoms with Gasteiger partial charge in [0.2, 0.25) is 5.91 Å². The molecule has 0 saturated heterocycles. The van der Waals surface area contributed by atoms with Gasteiger partial charge in [-0.3, -0.25) is 9.59 Å². The summed E-state index contributed by atoms with van der Waals surface area (Å²) in [5, 5.41) is 2.78. The minimum absolute atomic E-state index is 0.0989. The Morgan fingerprint density at radius 2 is 1.45 bits per heavy atom. The molecule has 0 fully saturated rings. The van der Waals surface area contributed by atoms with E-state index in [-0.39, 0.29) is 31.1 Å². The summed E-state index contributed by atoms with van der Waals surface area (Å²) >= 11 is 0. The lowest BCUT2D eigenvalue weighted by atomic mass is 10.0. The van der Waals surface area contributed by atoms with E-state index in [0.29, 0.717) is 19.0 Å². The fourth-order valence-corrected chi connectivity index (χ4v) is 3.17. The van der Waals surface area contributed by atoms with Gasteiger partial charge in [-0.2, -0.15) is 0 Å². The van der Waals surface area contributed by atoms with Crippen LogP contribution in [0.2, 0.25) is 0 Å². The van der Waals surface area contributed by atoms with Gasteiger partial charge in [0.1, 0.15) is 17.5 Å². The highest BCUT2D eigenvalue weighted by atomic mass is 16.5. The number of benzene rings is 3. The van der Waals surface area contributed by atoms with Gasteiger partial charge in [0, 0.05) is 20.0 Å². The predicted molar refractivity (Wildman–Crippen MR) is 126 cm³/mol. The van der Waals surface area contributed by atoms with Crippen LogP contribution in [0.4, 0.5) is 0 Å². The first kappa shape index (κ1) is 24.2. The lowest BCUT2D eigenvalue weighted by Gasteiger charge is -2.18. The number of carbonyl (C=O) groups excluding carboxylic acids is 2. The molecule has 1 unspecified atom stereocenters. The molecule has 1 atom stereocenters. The summed E-state index contributed by atoms with van der Waals surface area (Å²) in [4.78, 5) is 25.2. The fourth-order valence-electron chi connectivity index (χ4n) is 3.17. The Hall–Kier alpha value is -3.48. The van der Waals surface area contributed by atoms with E-state index in [0.717, 1.165) is 16.9 Å². The minimum atomic E-state index is -0.738. The molecule has 0 aliphatic rings. The van der Waals surface area contributed by atoms with Crippen LogP contribution < -0.4 is 10.1 Å². The van der Waals surface area contributed by atoms with E-state index < -0.39 is 6.04 Å². The molecule has 0 spiro atoms. The highest BCUT2D eigenvalue weighted by molar-refractivity contribution is 5.90. The summed E-state index contributed by atoms with van der Waals surface area (Å²) < 4.78 is 16.5. The van der Waals surface area contributed by atoms with E-state index in [2.05, 4.69) is 5.32 Å². The SMILES string of the molecule is COCCC(=O)NC(COCc1ccccc1)C(=O)Cc1ccc(Oc2ccccc2)cc1. The molecule has 0 saturated carbocycles. The second-order valence-electron chi connectivity index (χ2n) is 7.57. The van der Waals surface area contributed by atoms with Gasteiger partial charge in [-0.25, -0.2) is 0 Å². The number of hydrogen-bond acceptors (Lipinski definition) is 5. The number of nitrogens with one attached hydrogen (secondary N) is 1. The first-order valence-corrected chi connectivity index (χ1v) is 10.9. The summed E-state index contributed by atoms with van der Waals surface area (Å²) in [5.74, 6) is 1.07. The molecule has 0 aliphatic heterocycles. The van der Waals surface area contributed by atoms with E-state index in [1.165, 1.54) is 7.11 Å². The molecule has 3 aromatic carbocycles. The Balaban J connectivity index is 1.58. The van der Waals surface area contributed by atoms with Crippen LogP contribution in [0.3, 0.4) is 0 Å². The van der Waals surface area contributed by atoms with Gasteiger partial charge in [0.15, 0.2) is 5.78 Å². The van der Waals surface area contributed by atoms with E-state index in [4.69, 9.17) is 14.2 Å². The Bertz CT molecular complexity index is 990. The maximum atomic E-state index is 13.0. The largest absolute Gasteiger partial charge is 0.457 e. The molecular weight excluding hydrogens is 418 g/mol. The van der Waals surface area contributed by atoms with E-state index in [9.17, 15) is 9.59 Å². The molecule has 0 heterocycles. The molecule has 6 heteroatoms. The van der Waals surface area contributed by atoms with Crippen molar-refractivity contribution in [1.82, 2.24) is 5.32 Å². The van der Waals surface area contributed by atoms with E-state index >= 15 is 0 Å². The van der Waals surface area contributed by atoms with Crippen LogP contribution in [-0.4, -0.2) is 38.1 Å². The number of ketones is 1. The number of carbonyl (C=O) groups is 2. The Labute approximate surface area is 194 Å². The van der Waals surface area contributed by atoms with Crippen molar-refractivity contribution >= 4 is 11.7 Å². The average molecular weight is 448 g/mol. The van der Waals surface area contributed by atoms with Gasteiger partial charge >= 0.3 is 0 Å². The van der Waals surface area contributed by atoms with Crippen molar-refractivity contribution in [3.63, 3.8) is 0 Å². The van der Waals surface area contributed by atoms with E-state index in [1.807, 2.05) is 84.9 Å². The quantitative estimate of drug-likeness (QED) is 0.422. The van der Waals surface area contributed by atoms with Gasteiger partial charge in [-0.05, 0) is 35.4 Å². The maximum Gasteiger partial charge on any atom is 0.222 e. The monoisotopic (exact) mass is 447 g/mol. The van der Waals surface area contributed by atoms with Crippen molar-refractivity contribution in [2.45, 2.75) is 25.5 Å². The summed E-state index contributed by atoms with van der Waals surface area (Å²) in [6, 6.07) is 25.8. The Kier molecular flexibility index (Phi) is 9.63. The van der Waals surface area contributed by atoms with Crippen LogP contribution >= 0.6 is 0 Å². The number of ether oxygens (including phenoxy) is 3. The van der Waals surface area contributed by atoms with Crippen molar-refractivity contribution in [3.8, 4) is 11.5 Å². The number of Topliss-reactive ketones (excluding diaryl/α,β-unsaturated/α-hetero) is 1. The molecule has 3 rings (SSSR count). The third-order valence-electron chi connectivity index (χ3n) is 4.93. The molecule has 0 radical (unpaired) electrons. The van der Waals surface area contributed by atoms with Crippen molar-refractivity contribution < 1.29 is 23.8 Å². The Morgan fingerprint density at radius 3 is 2.12 bits per heavy atom. The van der Waals surface area contributed by atoms with Gasteiger partial charge in [0.05, 0.1) is 19.8 Å². The van der Waals surface area contributed by atoms with Crippen LogP contribution in [0.1, 0.15) is 17.5 Å². The van der Waals surface area contributed by atoms with Crippen LogP contribution in [0.15, 0.2) is 84.9 Å². The van der Waals surface area contributed by atoms with Crippen LogP contribution in [-0.2, 0) is 32.1 Å². The standard InChI is InChI=1S/C27H29NO5/c1-31-17-16-27(30)28-25(20-32-19-22-8-4-2-5-9-22)26(29)18-21-12-14-24(15-13-21)33-23-10-6-3-7-11-23/h2-15,25H,16-20H2,1H3,(H,28,30). The maximum absolute atomic E-state index is 13.0. The number of para-hydroxylation sites is 1. The summed E-state index contributed by atoms with van der Waals surface area (Å²) in [6.45, 7) is 0.756. The molecule has 6 nitrogen and oxygen atoms in total. The topological polar surface area (TPSA) is 73.9 Å². The number of rotatable bonds is 13. The third kappa shape index (κ3) is 8.52. The zero-order valence-corrected chi connectivity index (χ0v) is 18.7. The lowest BCUT2D eigenvalue weighted by Crippen LogP contribution is -2.45. The molecule has 1 N–H and O–H groups in total. The number of amides is 1. The zero-order chi connectivity index (χ0) is 23.3. The molecule has 172 valence electrons. The third-order valence-corrected chi connectivity index (χ3v) is 4.93. The summed E-state index contributed by atoms with van der Waals surface area (Å²) in [6.07, 6.45) is 0.361. The van der Waals surface area contributed by atoms with Gasteiger partial charge in [-0.1, -0.05) is 60.7 Å². The molecular formula is C27H29NO5. The van der Waals surface area contributed by atoms with Crippen LogP contribution in [0.5, 0.6) is 11.5 Å². The van der Waals surface area contributed by atoms with Gasteiger partial charge < -0.3 is 19.5 Å². The first-order valence-electron chi connectivity index (χ1n) is 10.9.